The van der Waals surface area contributed by atoms with E-state index in [4.69, 9.17) is 4.74 Å². The molecule has 1 aromatic carbocycles. The molecule has 2 rings (SSSR count). The van der Waals surface area contributed by atoms with Gasteiger partial charge in [0.05, 0.1) is 0 Å². The van der Waals surface area contributed by atoms with Gasteiger partial charge in [-0.05, 0) is 0 Å². The minimum atomic E-state index is 0.298. The molecule has 0 radical (unpaired) electrons. The zero-order valence-electron chi connectivity index (χ0n) is 6.78. The van der Waals surface area contributed by atoms with Crippen LogP contribution >= 0.6 is 0 Å². The molecule has 0 saturated carbocycles. The van der Waals surface area contributed by atoms with Crippen molar-refractivity contribution in [2.24, 2.45) is 0 Å². The number of aromatic nitrogens is 1. The van der Waals surface area contributed by atoms with Crippen LogP contribution in [0.3, 0.4) is 0 Å². The van der Waals surface area contributed by atoms with Gasteiger partial charge in [0.25, 0.3) is 0 Å². The number of fused-ring (bicyclic) bond motifs is 1. The van der Waals surface area contributed by atoms with Gasteiger partial charge in [0.1, 0.15) is 0 Å². The summed E-state index contributed by atoms with van der Waals surface area (Å²) in [6, 6.07) is 8.20. The summed E-state index contributed by atoms with van der Waals surface area (Å²) in [5, 5.41) is 0. The summed E-state index contributed by atoms with van der Waals surface area (Å²) in [5.41, 5.74) is 1.08. The van der Waals surface area contributed by atoms with E-state index in [1.165, 1.54) is 4.26 Å². The predicted octanol–water partition coefficient (Wildman–Crippen LogP) is 1.69. The fourth-order valence-corrected chi connectivity index (χ4v) is 2.87. The van der Waals surface area contributed by atoms with Gasteiger partial charge in [0.15, 0.2) is 0 Å². The van der Waals surface area contributed by atoms with Crippen LogP contribution in [0.15, 0.2) is 24.3 Å². The van der Waals surface area contributed by atoms with Gasteiger partial charge < -0.3 is 0 Å². The van der Waals surface area contributed by atoms with Crippen molar-refractivity contribution in [1.29, 1.82) is 0 Å². The Labute approximate surface area is 76.9 Å². The maximum atomic E-state index is 5.36. The first-order valence-corrected chi connectivity index (χ1v) is 5.60. The van der Waals surface area contributed by atoms with E-state index in [9.17, 15) is 0 Å². The molecule has 0 unspecified atom stereocenters. The molecule has 62 valence electrons. The van der Waals surface area contributed by atoms with Crippen molar-refractivity contribution in [3.05, 3.63) is 24.3 Å². The Balaban J connectivity index is 2.47. The molecular formula is C9H9NOSe. The summed E-state index contributed by atoms with van der Waals surface area (Å²) in [7, 11) is 0. The number of ether oxygens (including phenoxy) is 1. The molecule has 12 heavy (non-hydrogen) atoms. The van der Waals surface area contributed by atoms with Crippen LogP contribution in [0.25, 0.3) is 9.78 Å². The zero-order valence-corrected chi connectivity index (χ0v) is 8.49. The Bertz CT molecular complexity index is 350. The van der Waals surface area contributed by atoms with Gasteiger partial charge in [-0.3, -0.25) is 0 Å². The second-order valence-electron chi connectivity index (χ2n) is 2.38. The van der Waals surface area contributed by atoms with Crippen molar-refractivity contribution in [2.75, 3.05) is 6.61 Å². The van der Waals surface area contributed by atoms with E-state index in [0.717, 1.165) is 10.3 Å². The van der Waals surface area contributed by atoms with Crippen molar-refractivity contribution in [2.45, 2.75) is 6.92 Å². The van der Waals surface area contributed by atoms with Crippen molar-refractivity contribution in [1.82, 2.24) is 4.98 Å². The summed E-state index contributed by atoms with van der Waals surface area (Å²) >= 11 is 0.298. The van der Waals surface area contributed by atoms with E-state index in [2.05, 4.69) is 11.1 Å². The molecular weight excluding hydrogens is 217 g/mol. The van der Waals surface area contributed by atoms with Crippen molar-refractivity contribution in [3.63, 3.8) is 0 Å². The summed E-state index contributed by atoms with van der Waals surface area (Å²) in [4.78, 5) is 4.36. The fourth-order valence-electron chi connectivity index (χ4n) is 1.04. The van der Waals surface area contributed by atoms with Crippen LogP contribution in [0, 0.1) is 0 Å². The Morgan fingerprint density at radius 1 is 1.42 bits per heavy atom. The Hall–Kier alpha value is -0.791. The zero-order chi connectivity index (χ0) is 8.39. The molecule has 0 bridgehead atoms. The molecule has 0 aliphatic rings. The van der Waals surface area contributed by atoms with Crippen molar-refractivity contribution < 1.29 is 4.74 Å². The van der Waals surface area contributed by atoms with Crippen molar-refractivity contribution in [3.8, 4) is 4.75 Å². The number of hydrogen-bond acceptors (Lipinski definition) is 2. The molecule has 0 N–H and O–H groups in total. The molecule has 0 amide bonds. The molecule has 3 heteroatoms. The Morgan fingerprint density at radius 2 is 2.25 bits per heavy atom. The van der Waals surface area contributed by atoms with Gasteiger partial charge in [0.2, 0.25) is 0 Å². The fraction of sp³-hybridized carbons (Fsp3) is 0.222. The Morgan fingerprint density at radius 3 is 3.00 bits per heavy atom. The Kier molecular flexibility index (Phi) is 2.15. The average molecular weight is 226 g/mol. The third kappa shape index (κ3) is 1.38. The molecule has 0 fully saturated rings. The molecule has 0 atom stereocenters. The van der Waals surface area contributed by atoms with E-state index >= 15 is 0 Å². The molecule has 1 heterocycles. The first kappa shape index (κ1) is 7.84. The molecule has 1 aromatic heterocycles. The van der Waals surface area contributed by atoms with Gasteiger partial charge in [-0.1, -0.05) is 0 Å². The first-order valence-electron chi connectivity index (χ1n) is 3.88. The van der Waals surface area contributed by atoms with Gasteiger partial charge in [0, 0.05) is 0 Å². The summed E-state index contributed by atoms with van der Waals surface area (Å²) in [5.74, 6) is 0. The second kappa shape index (κ2) is 3.30. The minimum absolute atomic E-state index is 0.298. The third-order valence-electron chi connectivity index (χ3n) is 1.54. The van der Waals surface area contributed by atoms with Crippen LogP contribution in [0.1, 0.15) is 6.92 Å². The summed E-state index contributed by atoms with van der Waals surface area (Å²) in [6.07, 6.45) is 0. The summed E-state index contributed by atoms with van der Waals surface area (Å²) < 4.78 is 7.60. The summed E-state index contributed by atoms with van der Waals surface area (Å²) in [6.45, 7) is 2.70. The van der Waals surface area contributed by atoms with Crippen LogP contribution < -0.4 is 4.74 Å². The van der Waals surface area contributed by atoms with E-state index in [-0.39, 0.29) is 0 Å². The van der Waals surface area contributed by atoms with Gasteiger partial charge >= 0.3 is 76.6 Å². The number of para-hydroxylation sites is 1. The SMILES string of the molecule is CCOc1nc2ccccc2[se]1. The normalized spacial score (nSPS) is 10.4. The van der Waals surface area contributed by atoms with E-state index in [1.54, 1.807) is 0 Å². The number of hydrogen-bond donors (Lipinski definition) is 0. The van der Waals surface area contributed by atoms with Gasteiger partial charge in [-0.2, -0.15) is 0 Å². The molecule has 2 nitrogen and oxygen atoms in total. The van der Waals surface area contributed by atoms with Crippen LogP contribution in [-0.2, 0) is 0 Å². The van der Waals surface area contributed by atoms with E-state index in [1.807, 2.05) is 25.1 Å². The molecule has 0 spiro atoms. The number of nitrogens with zero attached hydrogens (tertiary/aromatic N) is 1. The van der Waals surface area contributed by atoms with Gasteiger partial charge in [-0.15, -0.1) is 0 Å². The third-order valence-corrected chi connectivity index (χ3v) is 3.53. The first-order chi connectivity index (χ1) is 5.90. The predicted molar refractivity (Wildman–Crippen MR) is 49.9 cm³/mol. The average Bonchev–Trinajstić information content (AvgIpc) is 2.47. The van der Waals surface area contributed by atoms with Crippen LogP contribution in [0.2, 0.25) is 0 Å². The van der Waals surface area contributed by atoms with E-state index in [0.29, 0.717) is 21.1 Å². The molecule has 0 saturated heterocycles. The van der Waals surface area contributed by atoms with E-state index < -0.39 is 0 Å². The molecule has 2 aromatic rings. The quantitative estimate of drug-likeness (QED) is 0.727. The van der Waals surface area contributed by atoms with Crippen molar-refractivity contribution >= 4 is 24.3 Å². The number of rotatable bonds is 2. The molecule has 0 aliphatic heterocycles. The standard InChI is InChI=1S/C9H9NOSe/c1-2-11-9-10-7-5-3-4-6-8(7)12-9/h3-6H,2H2,1H3. The van der Waals surface area contributed by atoms with Crippen LogP contribution in [-0.4, -0.2) is 26.1 Å². The topological polar surface area (TPSA) is 22.1 Å². The van der Waals surface area contributed by atoms with Crippen LogP contribution in [0.5, 0.6) is 4.75 Å². The van der Waals surface area contributed by atoms with Crippen LogP contribution in [0.4, 0.5) is 0 Å². The molecule has 0 aliphatic carbocycles. The second-order valence-corrected chi connectivity index (χ2v) is 4.46. The monoisotopic (exact) mass is 227 g/mol. The maximum absolute atomic E-state index is 5.36. The number of benzene rings is 1. The van der Waals surface area contributed by atoms with Gasteiger partial charge in [-0.25, -0.2) is 0 Å².